The Labute approximate surface area is 117 Å². The van der Waals surface area contributed by atoms with Crippen molar-refractivity contribution in [3.63, 3.8) is 0 Å². The van der Waals surface area contributed by atoms with Gasteiger partial charge in [0.25, 0.3) is 0 Å². The molecule has 0 radical (unpaired) electrons. The quantitative estimate of drug-likeness (QED) is 0.852. The molecule has 1 aromatic rings. The number of aryl methyl sites for hydroxylation is 2. The van der Waals surface area contributed by atoms with Crippen molar-refractivity contribution in [3.8, 4) is 0 Å². The average molecular weight is 261 g/mol. The summed E-state index contributed by atoms with van der Waals surface area (Å²) in [6.07, 6.45) is 6.21. The Morgan fingerprint density at radius 3 is 2.26 bits per heavy atom. The van der Waals surface area contributed by atoms with Crippen LogP contribution in [0.1, 0.15) is 48.8 Å². The minimum atomic E-state index is 0.136. The highest BCUT2D eigenvalue weighted by Gasteiger charge is 2.30. The van der Waals surface area contributed by atoms with E-state index in [2.05, 4.69) is 37.4 Å². The number of nitrogens with one attached hydrogen (secondary N) is 1. The molecule has 2 nitrogen and oxygen atoms in total. The molecule has 1 aliphatic carbocycles. The minimum absolute atomic E-state index is 0.136. The molecule has 0 aromatic heterocycles. The molecule has 1 fully saturated rings. The third kappa shape index (κ3) is 4.05. The van der Waals surface area contributed by atoms with E-state index in [4.69, 9.17) is 0 Å². The van der Waals surface area contributed by atoms with Crippen molar-refractivity contribution < 1.29 is 5.11 Å². The van der Waals surface area contributed by atoms with Gasteiger partial charge in [-0.3, -0.25) is 0 Å². The first-order valence-electron chi connectivity index (χ1n) is 7.52. The molecule has 19 heavy (non-hydrogen) atoms. The van der Waals surface area contributed by atoms with Crippen LogP contribution in [-0.4, -0.2) is 18.3 Å². The lowest BCUT2D eigenvalue weighted by atomic mass is 9.74. The van der Waals surface area contributed by atoms with Gasteiger partial charge in [-0.05, 0) is 32.3 Å². The molecule has 0 saturated heterocycles. The van der Waals surface area contributed by atoms with E-state index in [1.54, 1.807) is 0 Å². The fraction of sp³-hybridized carbons (Fsp3) is 0.647. The van der Waals surface area contributed by atoms with E-state index >= 15 is 0 Å². The predicted molar refractivity (Wildman–Crippen MR) is 80.2 cm³/mol. The molecule has 1 saturated carbocycles. The summed E-state index contributed by atoms with van der Waals surface area (Å²) < 4.78 is 0. The molecule has 0 spiro atoms. The summed E-state index contributed by atoms with van der Waals surface area (Å²) in [4.78, 5) is 0. The molecule has 106 valence electrons. The molecular formula is C17H27NO. The first kappa shape index (κ1) is 14.5. The molecule has 1 aliphatic rings. The third-order valence-electron chi connectivity index (χ3n) is 4.36. The van der Waals surface area contributed by atoms with Crippen LogP contribution in [0.25, 0.3) is 0 Å². The Morgan fingerprint density at radius 2 is 1.68 bits per heavy atom. The van der Waals surface area contributed by atoms with Crippen molar-refractivity contribution in [3.05, 3.63) is 34.9 Å². The maximum atomic E-state index is 9.69. The summed E-state index contributed by atoms with van der Waals surface area (Å²) in [5.41, 5.74) is 4.14. The van der Waals surface area contributed by atoms with Gasteiger partial charge in [0.05, 0.1) is 0 Å². The molecule has 0 aliphatic heterocycles. The number of rotatable bonds is 5. The van der Waals surface area contributed by atoms with Crippen LogP contribution in [0.5, 0.6) is 0 Å². The second kappa shape index (κ2) is 6.53. The van der Waals surface area contributed by atoms with Gasteiger partial charge in [-0.15, -0.1) is 0 Å². The van der Waals surface area contributed by atoms with Crippen LogP contribution in [0, 0.1) is 19.3 Å². The van der Waals surface area contributed by atoms with Gasteiger partial charge in [0.1, 0.15) is 0 Å². The van der Waals surface area contributed by atoms with Gasteiger partial charge in [0.2, 0.25) is 0 Å². The Morgan fingerprint density at radius 1 is 1.05 bits per heavy atom. The SMILES string of the molecule is Cc1cc(C)cc(CNCC2(CO)CCCCC2)c1. The second-order valence-corrected chi connectivity index (χ2v) is 6.32. The lowest BCUT2D eigenvalue weighted by molar-refractivity contribution is 0.0810. The zero-order valence-electron chi connectivity index (χ0n) is 12.3. The zero-order valence-corrected chi connectivity index (χ0v) is 12.3. The van der Waals surface area contributed by atoms with E-state index in [0.29, 0.717) is 6.61 Å². The molecule has 0 amide bonds. The first-order chi connectivity index (χ1) is 9.13. The Balaban J connectivity index is 1.88. The molecule has 0 atom stereocenters. The molecule has 2 N–H and O–H groups in total. The van der Waals surface area contributed by atoms with Crippen molar-refractivity contribution in [2.75, 3.05) is 13.2 Å². The summed E-state index contributed by atoms with van der Waals surface area (Å²) >= 11 is 0. The maximum Gasteiger partial charge on any atom is 0.0499 e. The summed E-state index contributed by atoms with van der Waals surface area (Å²) in [6, 6.07) is 6.69. The Hall–Kier alpha value is -0.860. The van der Waals surface area contributed by atoms with Gasteiger partial charge in [-0.25, -0.2) is 0 Å². The van der Waals surface area contributed by atoms with Crippen molar-refractivity contribution in [2.24, 2.45) is 5.41 Å². The van der Waals surface area contributed by atoms with E-state index in [9.17, 15) is 5.11 Å². The summed E-state index contributed by atoms with van der Waals surface area (Å²) in [7, 11) is 0. The molecule has 0 unspecified atom stereocenters. The standard InChI is InChI=1S/C17H27NO/c1-14-8-15(2)10-16(9-14)11-18-12-17(13-19)6-4-3-5-7-17/h8-10,18-19H,3-7,11-13H2,1-2H3. The van der Waals surface area contributed by atoms with Crippen molar-refractivity contribution in [1.29, 1.82) is 0 Å². The smallest absolute Gasteiger partial charge is 0.0499 e. The lowest BCUT2D eigenvalue weighted by Gasteiger charge is -2.35. The van der Waals surface area contributed by atoms with Crippen molar-refractivity contribution in [1.82, 2.24) is 5.32 Å². The van der Waals surface area contributed by atoms with Gasteiger partial charge < -0.3 is 10.4 Å². The average Bonchev–Trinajstić information content (AvgIpc) is 2.39. The van der Waals surface area contributed by atoms with Crippen LogP contribution < -0.4 is 5.32 Å². The summed E-state index contributed by atoms with van der Waals surface area (Å²) in [5, 5.41) is 13.2. The fourth-order valence-corrected chi connectivity index (χ4v) is 3.34. The number of hydrogen-bond acceptors (Lipinski definition) is 2. The predicted octanol–water partition coefficient (Wildman–Crippen LogP) is 3.34. The molecule has 2 heteroatoms. The van der Waals surface area contributed by atoms with Crippen LogP contribution in [0.3, 0.4) is 0 Å². The number of benzene rings is 1. The number of hydrogen-bond donors (Lipinski definition) is 2. The lowest BCUT2D eigenvalue weighted by Crippen LogP contribution is -2.38. The van der Waals surface area contributed by atoms with Crippen LogP contribution in [-0.2, 0) is 6.54 Å². The molecule has 2 rings (SSSR count). The third-order valence-corrected chi connectivity index (χ3v) is 4.36. The topological polar surface area (TPSA) is 32.3 Å². The molecule has 0 heterocycles. The van der Waals surface area contributed by atoms with E-state index < -0.39 is 0 Å². The number of aliphatic hydroxyl groups is 1. The normalized spacial score (nSPS) is 18.5. The van der Waals surface area contributed by atoms with Crippen LogP contribution in [0.2, 0.25) is 0 Å². The second-order valence-electron chi connectivity index (χ2n) is 6.32. The van der Waals surface area contributed by atoms with E-state index in [1.807, 2.05) is 0 Å². The van der Waals surface area contributed by atoms with Gasteiger partial charge in [0, 0.05) is 25.1 Å². The van der Waals surface area contributed by atoms with Crippen LogP contribution in [0.15, 0.2) is 18.2 Å². The van der Waals surface area contributed by atoms with E-state index in [0.717, 1.165) is 13.1 Å². The maximum absolute atomic E-state index is 9.69. The van der Waals surface area contributed by atoms with Crippen LogP contribution in [0.4, 0.5) is 0 Å². The molecule has 0 bridgehead atoms. The van der Waals surface area contributed by atoms with E-state index in [1.165, 1.54) is 48.8 Å². The molecular weight excluding hydrogens is 234 g/mol. The van der Waals surface area contributed by atoms with Crippen molar-refractivity contribution >= 4 is 0 Å². The van der Waals surface area contributed by atoms with Gasteiger partial charge in [-0.1, -0.05) is 48.6 Å². The van der Waals surface area contributed by atoms with Gasteiger partial charge >= 0.3 is 0 Å². The monoisotopic (exact) mass is 261 g/mol. The van der Waals surface area contributed by atoms with Crippen LogP contribution >= 0.6 is 0 Å². The first-order valence-corrected chi connectivity index (χ1v) is 7.52. The minimum Gasteiger partial charge on any atom is -0.396 e. The highest BCUT2D eigenvalue weighted by molar-refractivity contribution is 5.28. The zero-order chi connectivity index (χ0) is 13.7. The highest BCUT2D eigenvalue weighted by Crippen LogP contribution is 2.35. The Kier molecular flexibility index (Phi) is 5.00. The summed E-state index contributed by atoms with van der Waals surface area (Å²) in [5.74, 6) is 0. The Bertz CT molecular complexity index is 387. The van der Waals surface area contributed by atoms with Crippen molar-refractivity contribution in [2.45, 2.75) is 52.5 Å². The van der Waals surface area contributed by atoms with Gasteiger partial charge in [-0.2, -0.15) is 0 Å². The van der Waals surface area contributed by atoms with E-state index in [-0.39, 0.29) is 5.41 Å². The largest absolute Gasteiger partial charge is 0.396 e. The summed E-state index contributed by atoms with van der Waals surface area (Å²) in [6.45, 7) is 6.47. The molecule has 1 aromatic carbocycles. The fourth-order valence-electron chi connectivity index (χ4n) is 3.34. The number of aliphatic hydroxyl groups excluding tert-OH is 1. The highest BCUT2D eigenvalue weighted by atomic mass is 16.3. The van der Waals surface area contributed by atoms with Gasteiger partial charge in [0.15, 0.2) is 0 Å².